The summed E-state index contributed by atoms with van der Waals surface area (Å²) in [4.78, 5) is 26.2. The van der Waals surface area contributed by atoms with E-state index in [9.17, 15) is 9.59 Å². The maximum absolute atomic E-state index is 12.4. The molecule has 0 saturated carbocycles. The van der Waals surface area contributed by atoms with Crippen molar-refractivity contribution in [2.45, 2.75) is 13.0 Å². The number of ether oxygens (including phenoxy) is 2. The van der Waals surface area contributed by atoms with Gasteiger partial charge < -0.3 is 14.0 Å². The van der Waals surface area contributed by atoms with Gasteiger partial charge in [-0.25, -0.2) is 0 Å². The third-order valence-electron chi connectivity index (χ3n) is 4.94. The maximum Gasteiger partial charge on any atom is 0.261 e. The lowest BCUT2D eigenvalue weighted by Crippen LogP contribution is -2.31. The van der Waals surface area contributed by atoms with E-state index in [0.717, 1.165) is 22.4 Å². The fraction of sp³-hybridized carbons (Fsp3) is 0.238. The van der Waals surface area contributed by atoms with E-state index < -0.39 is 0 Å². The SMILES string of the molecule is COc1cc(OC)c2ccn(CCCN3C(=O)c4ccccc4C3=O)c2c1. The second kappa shape index (κ2) is 6.79. The molecule has 0 bridgehead atoms. The van der Waals surface area contributed by atoms with Gasteiger partial charge in [-0.2, -0.15) is 0 Å². The van der Waals surface area contributed by atoms with E-state index in [4.69, 9.17) is 9.47 Å². The van der Waals surface area contributed by atoms with Crippen LogP contribution in [0.1, 0.15) is 27.1 Å². The summed E-state index contributed by atoms with van der Waals surface area (Å²) in [6.07, 6.45) is 2.64. The number of nitrogens with zero attached hydrogens (tertiary/aromatic N) is 2. The van der Waals surface area contributed by atoms with Gasteiger partial charge in [0, 0.05) is 36.8 Å². The van der Waals surface area contributed by atoms with Gasteiger partial charge in [0.25, 0.3) is 11.8 Å². The van der Waals surface area contributed by atoms with Crippen LogP contribution in [0.25, 0.3) is 10.9 Å². The molecule has 0 saturated heterocycles. The molecule has 1 aliphatic rings. The van der Waals surface area contributed by atoms with E-state index in [1.807, 2.05) is 24.4 Å². The minimum absolute atomic E-state index is 0.212. The molecule has 1 aliphatic heterocycles. The van der Waals surface area contributed by atoms with Crippen molar-refractivity contribution in [2.24, 2.45) is 0 Å². The summed E-state index contributed by atoms with van der Waals surface area (Å²) in [7, 11) is 3.25. The summed E-state index contributed by atoms with van der Waals surface area (Å²) in [6, 6.07) is 12.8. The quantitative estimate of drug-likeness (QED) is 0.630. The maximum atomic E-state index is 12.4. The zero-order chi connectivity index (χ0) is 19.0. The number of hydrogen-bond donors (Lipinski definition) is 0. The number of carbonyl (C=O) groups excluding carboxylic acids is 2. The van der Waals surface area contributed by atoms with Crippen LogP contribution in [0.2, 0.25) is 0 Å². The standard InChI is InChI=1S/C21H20N2O4/c1-26-14-12-18-17(19(13-14)27-2)8-11-22(18)9-5-10-23-20(24)15-6-3-4-7-16(15)21(23)25/h3-4,6-8,11-13H,5,9-10H2,1-2H3. The number of carbonyl (C=O) groups is 2. The number of aryl methyl sites for hydroxylation is 1. The third kappa shape index (κ3) is 2.83. The number of benzene rings is 2. The van der Waals surface area contributed by atoms with Crippen molar-refractivity contribution in [3.63, 3.8) is 0 Å². The third-order valence-corrected chi connectivity index (χ3v) is 4.94. The predicted octanol–water partition coefficient (Wildman–Crippen LogP) is 3.34. The van der Waals surface area contributed by atoms with Gasteiger partial charge >= 0.3 is 0 Å². The molecule has 138 valence electrons. The highest BCUT2D eigenvalue weighted by Gasteiger charge is 2.34. The molecule has 27 heavy (non-hydrogen) atoms. The molecule has 0 spiro atoms. The number of aromatic nitrogens is 1. The molecule has 0 fully saturated rings. The lowest BCUT2D eigenvalue weighted by atomic mass is 10.1. The summed E-state index contributed by atoms with van der Waals surface area (Å²) in [5.41, 5.74) is 1.97. The van der Waals surface area contributed by atoms with Crippen LogP contribution in [0.3, 0.4) is 0 Å². The van der Waals surface area contributed by atoms with Crippen LogP contribution in [-0.4, -0.2) is 42.0 Å². The monoisotopic (exact) mass is 364 g/mol. The normalized spacial score (nSPS) is 13.3. The van der Waals surface area contributed by atoms with Crippen LogP contribution in [0.4, 0.5) is 0 Å². The lowest BCUT2D eigenvalue weighted by Gasteiger charge is -2.14. The molecule has 0 unspecified atom stereocenters. The average molecular weight is 364 g/mol. The fourth-order valence-corrected chi connectivity index (χ4v) is 3.56. The first kappa shape index (κ1) is 17.1. The molecular formula is C21H20N2O4. The van der Waals surface area contributed by atoms with E-state index in [0.29, 0.717) is 30.6 Å². The Balaban J connectivity index is 1.50. The summed E-state index contributed by atoms with van der Waals surface area (Å²) in [5, 5.41) is 0.999. The summed E-state index contributed by atoms with van der Waals surface area (Å²) in [5.74, 6) is 1.05. The zero-order valence-electron chi connectivity index (χ0n) is 15.3. The molecule has 0 N–H and O–H groups in total. The number of imide groups is 1. The number of methoxy groups -OCH3 is 2. The molecule has 0 atom stereocenters. The largest absolute Gasteiger partial charge is 0.497 e. The van der Waals surface area contributed by atoms with Crippen molar-refractivity contribution in [2.75, 3.05) is 20.8 Å². The van der Waals surface area contributed by atoms with Crippen molar-refractivity contribution in [1.29, 1.82) is 0 Å². The van der Waals surface area contributed by atoms with Gasteiger partial charge in [0.1, 0.15) is 11.5 Å². The first-order chi connectivity index (χ1) is 13.1. The Labute approximate surface area is 156 Å². The average Bonchev–Trinajstić information content (AvgIpc) is 3.22. The van der Waals surface area contributed by atoms with Crippen LogP contribution in [0, 0.1) is 0 Å². The van der Waals surface area contributed by atoms with E-state index in [1.54, 1.807) is 38.5 Å². The van der Waals surface area contributed by atoms with Gasteiger partial charge in [-0.3, -0.25) is 14.5 Å². The molecule has 1 aromatic heterocycles. The predicted molar refractivity (Wildman–Crippen MR) is 101 cm³/mol. The Kier molecular flexibility index (Phi) is 4.32. The molecule has 2 aromatic carbocycles. The van der Waals surface area contributed by atoms with Crippen LogP contribution in [0.15, 0.2) is 48.7 Å². The van der Waals surface area contributed by atoms with Crippen LogP contribution in [-0.2, 0) is 6.54 Å². The molecule has 4 rings (SSSR count). The molecule has 6 nitrogen and oxygen atoms in total. The topological polar surface area (TPSA) is 60.8 Å². The Bertz CT molecular complexity index is 1000. The smallest absolute Gasteiger partial charge is 0.261 e. The van der Waals surface area contributed by atoms with Crippen LogP contribution < -0.4 is 9.47 Å². The second-order valence-electron chi connectivity index (χ2n) is 6.43. The highest BCUT2D eigenvalue weighted by molar-refractivity contribution is 6.21. The lowest BCUT2D eigenvalue weighted by molar-refractivity contribution is 0.0651. The minimum Gasteiger partial charge on any atom is -0.497 e. The van der Waals surface area contributed by atoms with Crippen molar-refractivity contribution < 1.29 is 19.1 Å². The molecule has 2 amide bonds. The highest BCUT2D eigenvalue weighted by atomic mass is 16.5. The molecule has 0 aliphatic carbocycles. The Hall–Kier alpha value is -3.28. The molecular weight excluding hydrogens is 344 g/mol. The van der Waals surface area contributed by atoms with E-state index in [-0.39, 0.29) is 11.8 Å². The number of fused-ring (bicyclic) bond motifs is 2. The van der Waals surface area contributed by atoms with E-state index in [2.05, 4.69) is 4.57 Å². The summed E-state index contributed by atoms with van der Waals surface area (Å²) >= 11 is 0. The molecule has 2 heterocycles. The second-order valence-corrected chi connectivity index (χ2v) is 6.43. The van der Waals surface area contributed by atoms with Gasteiger partial charge in [-0.1, -0.05) is 12.1 Å². The minimum atomic E-state index is -0.212. The highest BCUT2D eigenvalue weighted by Crippen LogP contribution is 2.32. The van der Waals surface area contributed by atoms with Crippen molar-refractivity contribution >= 4 is 22.7 Å². The van der Waals surface area contributed by atoms with Crippen LogP contribution >= 0.6 is 0 Å². The van der Waals surface area contributed by atoms with Gasteiger partial charge in [0.15, 0.2) is 0 Å². The first-order valence-corrected chi connectivity index (χ1v) is 8.80. The number of amides is 2. The fourth-order valence-electron chi connectivity index (χ4n) is 3.56. The van der Waals surface area contributed by atoms with E-state index >= 15 is 0 Å². The van der Waals surface area contributed by atoms with Gasteiger partial charge in [0.05, 0.1) is 30.9 Å². The first-order valence-electron chi connectivity index (χ1n) is 8.80. The Morgan fingerprint density at radius 2 is 1.59 bits per heavy atom. The zero-order valence-corrected chi connectivity index (χ0v) is 15.3. The van der Waals surface area contributed by atoms with Gasteiger partial charge in [-0.05, 0) is 24.6 Å². The van der Waals surface area contributed by atoms with Crippen molar-refractivity contribution in [1.82, 2.24) is 9.47 Å². The summed E-state index contributed by atoms with van der Waals surface area (Å²) in [6.45, 7) is 1.06. The van der Waals surface area contributed by atoms with E-state index in [1.165, 1.54) is 4.90 Å². The Morgan fingerprint density at radius 1 is 0.889 bits per heavy atom. The molecule has 6 heteroatoms. The Morgan fingerprint density at radius 3 is 2.22 bits per heavy atom. The van der Waals surface area contributed by atoms with Gasteiger partial charge in [0.2, 0.25) is 0 Å². The van der Waals surface area contributed by atoms with Crippen molar-refractivity contribution in [3.8, 4) is 11.5 Å². The van der Waals surface area contributed by atoms with Crippen LogP contribution in [0.5, 0.6) is 11.5 Å². The van der Waals surface area contributed by atoms with Crippen molar-refractivity contribution in [3.05, 3.63) is 59.8 Å². The number of rotatable bonds is 6. The van der Waals surface area contributed by atoms with Gasteiger partial charge in [-0.15, -0.1) is 0 Å². The number of hydrogen-bond acceptors (Lipinski definition) is 4. The molecule has 3 aromatic rings. The summed E-state index contributed by atoms with van der Waals surface area (Å²) < 4.78 is 12.9. The molecule has 0 radical (unpaired) electrons.